The lowest BCUT2D eigenvalue weighted by molar-refractivity contribution is 0.357. The molecule has 1 rings (SSSR count). The summed E-state index contributed by atoms with van der Waals surface area (Å²) in [4.78, 5) is 0. The highest BCUT2D eigenvalue weighted by Gasteiger charge is 2.04. The average molecular weight is 226 g/mol. The maximum atomic E-state index is 5.92. The van der Waals surface area contributed by atoms with Crippen LogP contribution in [0.3, 0.4) is 0 Å². The lowest BCUT2D eigenvalue weighted by Gasteiger charge is -2.10. The van der Waals surface area contributed by atoms with Crippen LogP contribution in [-0.2, 0) is 0 Å². The highest BCUT2D eigenvalue weighted by Crippen LogP contribution is 2.26. The molecule has 82 valence electrons. The van der Waals surface area contributed by atoms with E-state index in [2.05, 4.69) is 0 Å². The van der Waals surface area contributed by atoms with Crippen molar-refractivity contribution in [2.45, 2.75) is 13.8 Å². The summed E-state index contributed by atoms with van der Waals surface area (Å²) in [5.41, 5.74) is 7.44. The van der Waals surface area contributed by atoms with Gasteiger partial charge in [0.1, 0.15) is 12.4 Å². The molecule has 0 fully saturated rings. The molecule has 2 nitrogen and oxygen atoms in total. The van der Waals surface area contributed by atoms with Crippen molar-refractivity contribution >= 4 is 11.6 Å². The first-order valence-corrected chi connectivity index (χ1v) is 5.27. The zero-order valence-electron chi connectivity index (χ0n) is 9.09. The third kappa shape index (κ3) is 3.57. The maximum Gasteiger partial charge on any atom is 0.125 e. The molecule has 3 heteroatoms. The third-order valence-corrected chi connectivity index (χ3v) is 2.27. The Morgan fingerprint density at radius 3 is 2.40 bits per heavy atom. The zero-order valence-corrected chi connectivity index (χ0v) is 9.84. The minimum Gasteiger partial charge on any atom is -0.489 e. The number of rotatable bonds is 4. The van der Waals surface area contributed by atoms with Crippen LogP contribution >= 0.6 is 11.6 Å². The molecule has 0 saturated carbocycles. The third-order valence-electron chi connectivity index (χ3n) is 2.05. The first-order valence-electron chi connectivity index (χ1n) is 4.89. The Kier molecular flexibility index (Phi) is 4.66. The summed E-state index contributed by atoms with van der Waals surface area (Å²) < 4.78 is 5.62. The van der Waals surface area contributed by atoms with Gasteiger partial charge in [-0.1, -0.05) is 23.8 Å². The highest BCUT2D eigenvalue weighted by atomic mass is 35.5. The lowest BCUT2D eigenvalue weighted by atomic mass is 10.1. The first-order chi connectivity index (χ1) is 7.15. The molecule has 0 bridgehead atoms. The normalized spacial score (nSPS) is 10.9. The largest absolute Gasteiger partial charge is 0.489 e. The van der Waals surface area contributed by atoms with E-state index in [0.29, 0.717) is 13.2 Å². The van der Waals surface area contributed by atoms with Crippen LogP contribution in [0.25, 0.3) is 0 Å². The molecule has 0 heterocycles. The standard InChI is InChI=1S/C12H16ClNO/c1-9-7-11(13)8-10(2)12(9)15-6-4-3-5-14/h3-4,7-8H,5-6,14H2,1-2H3. The van der Waals surface area contributed by atoms with Crippen molar-refractivity contribution in [2.75, 3.05) is 13.2 Å². The molecule has 0 aliphatic heterocycles. The average Bonchev–Trinajstić information content (AvgIpc) is 2.15. The number of ether oxygens (including phenoxy) is 1. The Morgan fingerprint density at radius 1 is 1.27 bits per heavy atom. The van der Waals surface area contributed by atoms with Gasteiger partial charge in [-0.3, -0.25) is 0 Å². The SMILES string of the molecule is Cc1cc(Cl)cc(C)c1OCC=CCN. The summed E-state index contributed by atoms with van der Waals surface area (Å²) in [7, 11) is 0. The van der Waals surface area contributed by atoms with Gasteiger partial charge in [-0.15, -0.1) is 0 Å². The number of aryl methyl sites for hydroxylation is 2. The Labute approximate surface area is 95.7 Å². The molecular formula is C12H16ClNO. The van der Waals surface area contributed by atoms with E-state index in [-0.39, 0.29) is 0 Å². The molecule has 0 aliphatic carbocycles. The molecule has 0 spiro atoms. The van der Waals surface area contributed by atoms with Gasteiger partial charge < -0.3 is 10.5 Å². The van der Waals surface area contributed by atoms with E-state index in [1.807, 2.05) is 38.1 Å². The minimum atomic E-state index is 0.542. The topological polar surface area (TPSA) is 35.2 Å². The van der Waals surface area contributed by atoms with E-state index >= 15 is 0 Å². The molecular weight excluding hydrogens is 210 g/mol. The second kappa shape index (κ2) is 5.79. The summed E-state index contributed by atoms with van der Waals surface area (Å²) in [6, 6.07) is 3.80. The molecule has 0 atom stereocenters. The van der Waals surface area contributed by atoms with E-state index in [1.165, 1.54) is 0 Å². The van der Waals surface area contributed by atoms with Crippen molar-refractivity contribution in [1.82, 2.24) is 0 Å². The first kappa shape index (κ1) is 12.1. The second-order valence-electron chi connectivity index (χ2n) is 3.39. The molecule has 0 amide bonds. The summed E-state index contributed by atoms with van der Waals surface area (Å²) in [5.74, 6) is 0.904. The van der Waals surface area contributed by atoms with Gasteiger partial charge in [0, 0.05) is 11.6 Å². The summed E-state index contributed by atoms with van der Waals surface area (Å²) >= 11 is 5.92. The quantitative estimate of drug-likeness (QED) is 0.800. The molecule has 2 N–H and O–H groups in total. The predicted molar refractivity (Wildman–Crippen MR) is 64.6 cm³/mol. The van der Waals surface area contributed by atoms with E-state index in [0.717, 1.165) is 21.9 Å². The van der Waals surface area contributed by atoms with Gasteiger partial charge in [-0.25, -0.2) is 0 Å². The Hall–Kier alpha value is -0.990. The minimum absolute atomic E-state index is 0.542. The Morgan fingerprint density at radius 2 is 1.87 bits per heavy atom. The predicted octanol–water partition coefficient (Wildman–Crippen LogP) is 2.85. The Balaban J connectivity index is 2.72. The smallest absolute Gasteiger partial charge is 0.125 e. The van der Waals surface area contributed by atoms with Crippen molar-refractivity contribution in [3.8, 4) is 5.75 Å². The van der Waals surface area contributed by atoms with Gasteiger partial charge in [0.25, 0.3) is 0 Å². The van der Waals surface area contributed by atoms with Crippen molar-refractivity contribution in [3.05, 3.63) is 40.4 Å². The number of hydrogen-bond donors (Lipinski definition) is 1. The fraction of sp³-hybridized carbons (Fsp3) is 0.333. The van der Waals surface area contributed by atoms with Crippen LogP contribution in [0.2, 0.25) is 5.02 Å². The van der Waals surface area contributed by atoms with Gasteiger partial charge >= 0.3 is 0 Å². The number of nitrogens with two attached hydrogens (primary N) is 1. The number of halogens is 1. The van der Waals surface area contributed by atoms with Gasteiger partial charge in [-0.05, 0) is 37.1 Å². The zero-order chi connectivity index (χ0) is 11.3. The van der Waals surface area contributed by atoms with Crippen molar-refractivity contribution < 1.29 is 4.74 Å². The van der Waals surface area contributed by atoms with E-state index < -0.39 is 0 Å². The monoisotopic (exact) mass is 225 g/mol. The number of benzene rings is 1. The number of hydrogen-bond acceptors (Lipinski definition) is 2. The van der Waals surface area contributed by atoms with Crippen molar-refractivity contribution in [1.29, 1.82) is 0 Å². The van der Waals surface area contributed by atoms with Crippen LogP contribution in [0, 0.1) is 13.8 Å². The molecule has 15 heavy (non-hydrogen) atoms. The van der Waals surface area contributed by atoms with E-state index in [1.54, 1.807) is 0 Å². The van der Waals surface area contributed by atoms with Crippen molar-refractivity contribution in [3.63, 3.8) is 0 Å². The maximum absolute atomic E-state index is 5.92. The summed E-state index contributed by atoms with van der Waals surface area (Å²) in [6.45, 7) is 5.06. The van der Waals surface area contributed by atoms with Crippen LogP contribution < -0.4 is 10.5 Å². The Bertz CT molecular complexity index is 338. The molecule has 0 unspecified atom stereocenters. The van der Waals surface area contributed by atoms with Crippen LogP contribution in [0.5, 0.6) is 5.75 Å². The molecule has 0 aliphatic rings. The lowest BCUT2D eigenvalue weighted by Crippen LogP contribution is -1.99. The van der Waals surface area contributed by atoms with E-state index in [9.17, 15) is 0 Å². The van der Waals surface area contributed by atoms with Gasteiger partial charge in [0.15, 0.2) is 0 Å². The van der Waals surface area contributed by atoms with E-state index in [4.69, 9.17) is 22.1 Å². The van der Waals surface area contributed by atoms with Gasteiger partial charge in [0.2, 0.25) is 0 Å². The second-order valence-corrected chi connectivity index (χ2v) is 3.82. The molecule has 1 aromatic carbocycles. The van der Waals surface area contributed by atoms with Gasteiger partial charge in [-0.2, -0.15) is 0 Å². The molecule has 0 saturated heterocycles. The van der Waals surface area contributed by atoms with Crippen LogP contribution in [0.1, 0.15) is 11.1 Å². The summed E-state index contributed by atoms with van der Waals surface area (Å²) in [6.07, 6.45) is 3.79. The highest BCUT2D eigenvalue weighted by molar-refractivity contribution is 6.30. The van der Waals surface area contributed by atoms with Gasteiger partial charge in [0.05, 0.1) is 0 Å². The fourth-order valence-corrected chi connectivity index (χ4v) is 1.75. The molecule has 0 aromatic heterocycles. The molecule has 1 aromatic rings. The fourth-order valence-electron chi connectivity index (χ4n) is 1.42. The van der Waals surface area contributed by atoms with Crippen LogP contribution in [-0.4, -0.2) is 13.2 Å². The molecule has 0 radical (unpaired) electrons. The van der Waals surface area contributed by atoms with Crippen LogP contribution in [0.15, 0.2) is 24.3 Å². The van der Waals surface area contributed by atoms with Crippen LogP contribution in [0.4, 0.5) is 0 Å². The van der Waals surface area contributed by atoms with Crippen molar-refractivity contribution in [2.24, 2.45) is 5.73 Å². The summed E-state index contributed by atoms with van der Waals surface area (Å²) in [5, 5.41) is 0.745.